The fraction of sp³-hybridized carbons (Fsp3) is 0.467. The third-order valence-electron chi connectivity index (χ3n) is 3.33. The van der Waals surface area contributed by atoms with E-state index in [1.807, 2.05) is 0 Å². The Morgan fingerprint density at radius 1 is 1.13 bits per heavy atom. The van der Waals surface area contributed by atoms with Gasteiger partial charge in [0.25, 0.3) is 0 Å². The van der Waals surface area contributed by atoms with Crippen molar-refractivity contribution in [1.82, 2.24) is 0 Å². The third-order valence-corrected chi connectivity index (χ3v) is 3.33. The molecule has 0 heteroatoms. The van der Waals surface area contributed by atoms with Crippen molar-refractivity contribution >= 4 is 0 Å². The summed E-state index contributed by atoms with van der Waals surface area (Å²) in [7, 11) is 0. The zero-order valence-corrected chi connectivity index (χ0v) is 9.52. The summed E-state index contributed by atoms with van der Waals surface area (Å²) in [5, 5.41) is 0. The molecule has 0 aliphatic heterocycles. The summed E-state index contributed by atoms with van der Waals surface area (Å²) in [5.74, 6) is 1.50. The van der Waals surface area contributed by atoms with Crippen LogP contribution in [0.5, 0.6) is 0 Å². The van der Waals surface area contributed by atoms with Crippen LogP contribution in [0.3, 0.4) is 0 Å². The molecule has 1 aromatic carbocycles. The molecular weight excluding hydrogens is 180 g/mol. The van der Waals surface area contributed by atoms with Crippen LogP contribution in [-0.4, -0.2) is 0 Å². The van der Waals surface area contributed by atoms with Crippen molar-refractivity contribution in [3.05, 3.63) is 48.0 Å². The zero-order chi connectivity index (χ0) is 10.5. The van der Waals surface area contributed by atoms with Crippen molar-refractivity contribution in [1.29, 1.82) is 0 Å². The van der Waals surface area contributed by atoms with Crippen LogP contribution in [0.2, 0.25) is 0 Å². The molecule has 0 heterocycles. The number of benzene rings is 1. The summed E-state index contributed by atoms with van der Waals surface area (Å²) >= 11 is 0. The van der Waals surface area contributed by atoms with Gasteiger partial charge in [-0.2, -0.15) is 0 Å². The molecule has 0 spiro atoms. The Kier molecular flexibility index (Phi) is 3.60. The number of unbranched alkanes of at least 4 members (excludes halogenated alkanes) is 1. The normalized spacial score (nSPS) is 24.6. The van der Waals surface area contributed by atoms with E-state index in [-0.39, 0.29) is 0 Å². The molecule has 0 N–H and O–H groups in total. The van der Waals surface area contributed by atoms with E-state index in [2.05, 4.69) is 49.4 Å². The third kappa shape index (κ3) is 2.71. The molecule has 0 unspecified atom stereocenters. The van der Waals surface area contributed by atoms with Gasteiger partial charge in [-0.1, -0.05) is 62.2 Å². The highest BCUT2D eigenvalue weighted by molar-refractivity contribution is 5.26. The Hall–Kier alpha value is -1.04. The maximum atomic E-state index is 2.42. The SMILES string of the molecule is CCCC[C@H]1C=C[C@@H](c2ccccc2)C1. The van der Waals surface area contributed by atoms with E-state index < -0.39 is 0 Å². The first-order valence-corrected chi connectivity index (χ1v) is 6.13. The predicted molar refractivity (Wildman–Crippen MR) is 66.0 cm³/mol. The van der Waals surface area contributed by atoms with Crippen LogP contribution in [0.25, 0.3) is 0 Å². The second-order valence-electron chi connectivity index (χ2n) is 4.54. The molecule has 1 aromatic rings. The van der Waals surface area contributed by atoms with Crippen molar-refractivity contribution in [2.24, 2.45) is 5.92 Å². The summed E-state index contributed by atoms with van der Waals surface area (Å²) in [5.41, 5.74) is 1.48. The van der Waals surface area contributed by atoms with E-state index in [1.54, 1.807) is 0 Å². The fourth-order valence-electron chi connectivity index (χ4n) is 2.40. The van der Waals surface area contributed by atoms with Crippen LogP contribution in [0.4, 0.5) is 0 Å². The quantitative estimate of drug-likeness (QED) is 0.626. The largest absolute Gasteiger partial charge is 0.0848 e. The van der Waals surface area contributed by atoms with Crippen LogP contribution in [0, 0.1) is 5.92 Å². The molecule has 1 aliphatic rings. The van der Waals surface area contributed by atoms with Crippen LogP contribution >= 0.6 is 0 Å². The van der Waals surface area contributed by atoms with E-state index >= 15 is 0 Å². The van der Waals surface area contributed by atoms with Gasteiger partial charge in [-0.3, -0.25) is 0 Å². The molecule has 15 heavy (non-hydrogen) atoms. The Balaban J connectivity index is 1.91. The van der Waals surface area contributed by atoms with Gasteiger partial charge < -0.3 is 0 Å². The lowest BCUT2D eigenvalue weighted by atomic mass is 9.93. The Labute approximate surface area is 93.0 Å². The first-order valence-electron chi connectivity index (χ1n) is 6.13. The molecule has 2 atom stereocenters. The average molecular weight is 200 g/mol. The van der Waals surface area contributed by atoms with Crippen LogP contribution in [0.15, 0.2) is 42.5 Å². The molecule has 0 bridgehead atoms. The van der Waals surface area contributed by atoms with Gasteiger partial charge in [-0.25, -0.2) is 0 Å². The van der Waals surface area contributed by atoms with Gasteiger partial charge in [0, 0.05) is 5.92 Å². The molecule has 0 radical (unpaired) electrons. The summed E-state index contributed by atoms with van der Waals surface area (Å²) in [4.78, 5) is 0. The molecule has 0 saturated carbocycles. The summed E-state index contributed by atoms with van der Waals surface area (Å²) in [6.07, 6.45) is 10.2. The number of hydrogen-bond donors (Lipinski definition) is 0. The first kappa shape index (κ1) is 10.5. The fourth-order valence-corrected chi connectivity index (χ4v) is 2.40. The lowest BCUT2D eigenvalue weighted by Gasteiger charge is -2.11. The van der Waals surface area contributed by atoms with E-state index in [9.17, 15) is 0 Å². The lowest BCUT2D eigenvalue weighted by Crippen LogP contribution is -1.97. The minimum absolute atomic E-state index is 0.674. The zero-order valence-electron chi connectivity index (χ0n) is 9.52. The molecule has 0 aromatic heterocycles. The number of allylic oxidation sites excluding steroid dienone is 2. The number of rotatable bonds is 4. The smallest absolute Gasteiger partial charge is 0.00236 e. The van der Waals surface area contributed by atoms with Crippen molar-refractivity contribution in [3.8, 4) is 0 Å². The van der Waals surface area contributed by atoms with Gasteiger partial charge in [-0.05, 0) is 24.3 Å². The highest BCUT2D eigenvalue weighted by atomic mass is 14.2. The van der Waals surface area contributed by atoms with E-state index in [1.165, 1.54) is 31.2 Å². The van der Waals surface area contributed by atoms with E-state index in [4.69, 9.17) is 0 Å². The Bertz CT molecular complexity index is 310. The molecule has 0 amide bonds. The van der Waals surface area contributed by atoms with Crippen molar-refractivity contribution in [2.75, 3.05) is 0 Å². The average Bonchev–Trinajstić information content (AvgIpc) is 2.76. The molecule has 2 rings (SSSR count). The van der Waals surface area contributed by atoms with Gasteiger partial charge in [0.05, 0.1) is 0 Å². The Morgan fingerprint density at radius 3 is 2.67 bits per heavy atom. The van der Waals surface area contributed by atoms with Gasteiger partial charge in [0.1, 0.15) is 0 Å². The van der Waals surface area contributed by atoms with Crippen molar-refractivity contribution in [2.45, 2.75) is 38.5 Å². The van der Waals surface area contributed by atoms with Crippen molar-refractivity contribution in [3.63, 3.8) is 0 Å². The summed E-state index contributed by atoms with van der Waals surface area (Å²) in [6.45, 7) is 2.27. The van der Waals surface area contributed by atoms with E-state index in [0.717, 1.165) is 5.92 Å². The minimum atomic E-state index is 0.674. The lowest BCUT2D eigenvalue weighted by molar-refractivity contribution is 0.525. The first-order chi connectivity index (χ1) is 7.40. The highest BCUT2D eigenvalue weighted by Gasteiger charge is 2.19. The molecule has 0 fully saturated rings. The topological polar surface area (TPSA) is 0 Å². The number of hydrogen-bond acceptors (Lipinski definition) is 0. The molecular formula is C15H20. The van der Waals surface area contributed by atoms with Crippen LogP contribution < -0.4 is 0 Å². The monoisotopic (exact) mass is 200 g/mol. The molecule has 1 aliphatic carbocycles. The standard InChI is InChI=1S/C15H20/c1-2-3-7-13-10-11-15(12-13)14-8-5-4-6-9-14/h4-6,8-11,13,15H,2-3,7,12H2,1H3/t13-,15+/m0/s1. The van der Waals surface area contributed by atoms with Gasteiger partial charge in [-0.15, -0.1) is 0 Å². The van der Waals surface area contributed by atoms with Gasteiger partial charge in [0.15, 0.2) is 0 Å². The van der Waals surface area contributed by atoms with E-state index in [0.29, 0.717) is 5.92 Å². The second-order valence-corrected chi connectivity index (χ2v) is 4.54. The molecule has 80 valence electrons. The summed E-state index contributed by atoms with van der Waals surface area (Å²) < 4.78 is 0. The highest BCUT2D eigenvalue weighted by Crippen LogP contribution is 2.34. The Morgan fingerprint density at radius 2 is 1.93 bits per heavy atom. The molecule has 0 saturated heterocycles. The van der Waals surface area contributed by atoms with Crippen molar-refractivity contribution < 1.29 is 0 Å². The second kappa shape index (κ2) is 5.16. The van der Waals surface area contributed by atoms with Crippen LogP contribution in [-0.2, 0) is 0 Å². The van der Waals surface area contributed by atoms with Crippen LogP contribution in [0.1, 0.15) is 44.1 Å². The maximum absolute atomic E-state index is 2.42. The molecule has 0 nitrogen and oxygen atoms in total. The predicted octanol–water partition coefficient (Wildman–Crippen LogP) is 4.54. The maximum Gasteiger partial charge on any atom is 0.00236 e. The van der Waals surface area contributed by atoms with Gasteiger partial charge >= 0.3 is 0 Å². The van der Waals surface area contributed by atoms with Gasteiger partial charge in [0.2, 0.25) is 0 Å². The minimum Gasteiger partial charge on any atom is -0.0848 e. The summed E-state index contributed by atoms with van der Waals surface area (Å²) in [6, 6.07) is 10.9.